The molecule has 1 amide bonds. The molecule has 2 fully saturated rings. The molecule has 0 radical (unpaired) electrons. The van der Waals surface area contributed by atoms with Gasteiger partial charge in [0, 0.05) is 46.1 Å². The Hall–Kier alpha value is -0.650. The van der Waals surface area contributed by atoms with Gasteiger partial charge in [0.2, 0.25) is 5.91 Å². The summed E-state index contributed by atoms with van der Waals surface area (Å²) in [7, 11) is 0. The Morgan fingerprint density at radius 1 is 1.33 bits per heavy atom. The highest BCUT2D eigenvalue weighted by Crippen LogP contribution is 2.14. The summed E-state index contributed by atoms with van der Waals surface area (Å²) < 4.78 is 10.9. The summed E-state index contributed by atoms with van der Waals surface area (Å²) in [5.74, 6) is 1.03. The Morgan fingerprint density at radius 3 is 2.78 bits per heavy atom. The highest BCUT2D eigenvalue weighted by molar-refractivity contribution is 5.79. The molecule has 0 aliphatic carbocycles. The van der Waals surface area contributed by atoms with E-state index in [0.717, 1.165) is 65.3 Å². The van der Waals surface area contributed by atoms with Crippen LogP contribution in [0.1, 0.15) is 19.3 Å². The van der Waals surface area contributed by atoms with Crippen LogP contribution in [0.5, 0.6) is 0 Å². The molecule has 0 aromatic carbocycles. The van der Waals surface area contributed by atoms with Gasteiger partial charge >= 0.3 is 0 Å². The zero-order valence-electron chi connectivity index (χ0n) is 11.0. The average molecular weight is 256 g/mol. The van der Waals surface area contributed by atoms with E-state index < -0.39 is 0 Å². The van der Waals surface area contributed by atoms with Gasteiger partial charge in [0.05, 0.1) is 5.92 Å². The molecular formula is C13H24N2O3. The van der Waals surface area contributed by atoms with E-state index in [-0.39, 0.29) is 11.8 Å². The number of carbonyl (C=O) groups is 1. The monoisotopic (exact) mass is 256 g/mol. The van der Waals surface area contributed by atoms with Gasteiger partial charge in [-0.05, 0) is 25.2 Å². The third-order valence-electron chi connectivity index (χ3n) is 3.61. The maximum atomic E-state index is 11.5. The minimum absolute atomic E-state index is 0.179. The molecule has 2 aliphatic heterocycles. The predicted molar refractivity (Wildman–Crippen MR) is 68.3 cm³/mol. The van der Waals surface area contributed by atoms with E-state index in [0.29, 0.717) is 5.92 Å². The van der Waals surface area contributed by atoms with Crippen LogP contribution in [-0.4, -0.2) is 52.0 Å². The Balaban J connectivity index is 1.40. The van der Waals surface area contributed by atoms with Crippen LogP contribution in [0, 0.1) is 11.8 Å². The highest BCUT2D eigenvalue weighted by Gasteiger charge is 2.23. The molecule has 2 saturated heterocycles. The first-order valence-electron chi connectivity index (χ1n) is 7.00. The molecule has 2 N–H and O–H groups in total. The lowest BCUT2D eigenvalue weighted by atomic mass is 10.0. The Kier molecular flexibility index (Phi) is 5.90. The summed E-state index contributed by atoms with van der Waals surface area (Å²) in [5, 5.41) is 6.04. The second-order valence-corrected chi connectivity index (χ2v) is 5.13. The van der Waals surface area contributed by atoms with E-state index >= 15 is 0 Å². The minimum atomic E-state index is 0.179. The van der Waals surface area contributed by atoms with Crippen molar-refractivity contribution in [2.24, 2.45) is 11.8 Å². The molecule has 0 saturated carbocycles. The van der Waals surface area contributed by atoms with Crippen molar-refractivity contribution in [1.82, 2.24) is 10.6 Å². The quantitative estimate of drug-likeness (QED) is 0.637. The van der Waals surface area contributed by atoms with Gasteiger partial charge in [0.1, 0.15) is 0 Å². The van der Waals surface area contributed by atoms with Crippen LogP contribution >= 0.6 is 0 Å². The van der Waals surface area contributed by atoms with Gasteiger partial charge < -0.3 is 20.1 Å². The Morgan fingerprint density at radius 2 is 2.11 bits per heavy atom. The normalized spacial score (nSPS) is 21.6. The fourth-order valence-corrected chi connectivity index (χ4v) is 2.17. The topological polar surface area (TPSA) is 59.6 Å². The number of nitrogens with one attached hydrogen (secondary N) is 2. The zero-order valence-corrected chi connectivity index (χ0v) is 11.0. The smallest absolute Gasteiger partial charge is 0.225 e. The third kappa shape index (κ3) is 4.55. The average Bonchev–Trinajstić information content (AvgIpc) is 2.33. The second kappa shape index (κ2) is 7.71. The molecule has 2 heterocycles. The first-order chi connectivity index (χ1) is 8.86. The minimum Gasteiger partial charge on any atom is -0.381 e. The van der Waals surface area contributed by atoms with Crippen molar-refractivity contribution in [2.75, 3.05) is 46.1 Å². The van der Waals surface area contributed by atoms with Gasteiger partial charge in [-0.3, -0.25) is 4.79 Å². The number of amides is 1. The van der Waals surface area contributed by atoms with Crippen molar-refractivity contribution in [2.45, 2.75) is 19.3 Å². The molecule has 0 aromatic rings. The molecule has 0 aromatic heterocycles. The van der Waals surface area contributed by atoms with E-state index in [4.69, 9.17) is 9.47 Å². The van der Waals surface area contributed by atoms with Crippen molar-refractivity contribution >= 4 is 5.91 Å². The summed E-state index contributed by atoms with van der Waals surface area (Å²) >= 11 is 0. The summed E-state index contributed by atoms with van der Waals surface area (Å²) in [4.78, 5) is 11.5. The van der Waals surface area contributed by atoms with Crippen LogP contribution in [0.25, 0.3) is 0 Å². The summed E-state index contributed by atoms with van der Waals surface area (Å²) in [6.07, 6.45) is 3.13. The lowest BCUT2D eigenvalue weighted by molar-refractivity contribution is -0.126. The van der Waals surface area contributed by atoms with Crippen molar-refractivity contribution in [3.8, 4) is 0 Å². The molecular weight excluding hydrogens is 232 g/mol. The van der Waals surface area contributed by atoms with Gasteiger partial charge in [-0.2, -0.15) is 0 Å². The number of ether oxygens (including phenoxy) is 2. The number of carbonyl (C=O) groups excluding carboxylic acids is 1. The molecule has 0 spiro atoms. The maximum absolute atomic E-state index is 11.5. The van der Waals surface area contributed by atoms with Crippen molar-refractivity contribution in [1.29, 1.82) is 0 Å². The van der Waals surface area contributed by atoms with Gasteiger partial charge in [0.15, 0.2) is 0 Å². The van der Waals surface area contributed by atoms with E-state index in [2.05, 4.69) is 10.6 Å². The molecule has 0 atom stereocenters. The fourth-order valence-electron chi connectivity index (χ4n) is 2.17. The molecule has 18 heavy (non-hydrogen) atoms. The van der Waals surface area contributed by atoms with Crippen molar-refractivity contribution < 1.29 is 14.3 Å². The third-order valence-corrected chi connectivity index (χ3v) is 3.61. The Bertz CT molecular complexity index is 251. The van der Waals surface area contributed by atoms with E-state index in [1.165, 1.54) is 0 Å². The standard InChI is InChI=1S/C13H24N2O3/c16-13(12-8-14-9-12)15-4-1-5-18-10-11-2-6-17-7-3-11/h11-12,14H,1-10H2,(H,15,16). The predicted octanol–water partition coefficient (Wildman–Crippen LogP) is 0.155. The van der Waals surface area contributed by atoms with Crippen molar-refractivity contribution in [3.63, 3.8) is 0 Å². The van der Waals surface area contributed by atoms with Crippen LogP contribution < -0.4 is 10.6 Å². The SMILES string of the molecule is O=C(NCCCOCC1CCOCC1)C1CNC1. The van der Waals surface area contributed by atoms with E-state index in [9.17, 15) is 4.79 Å². The summed E-state index contributed by atoms with van der Waals surface area (Å²) in [6, 6.07) is 0. The van der Waals surface area contributed by atoms with Crippen LogP contribution in [0.3, 0.4) is 0 Å². The van der Waals surface area contributed by atoms with Gasteiger partial charge in [-0.1, -0.05) is 0 Å². The molecule has 2 aliphatic rings. The van der Waals surface area contributed by atoms with Crippen LogP contribution in [0.2, 0.25) is 0 Å². The van der Waals surface area contributed by atoms with Crippen LogP contribution in [0.4, 0.5) is 0 Å². The molecule has 5 heteroatoms. The molecule has 5 nitrogen and oxygen atoms in total. The van der Waals surface area contributed by atoms with Crippen LogP contribution in [0.15, 0.2) is 0 Å². The van der Waals surface area contributed by atoms with E-state index in [1.807, 2.05) is 0 Å². The lowest BCUT2D eigenvalue weighted by Crippen LogP contribution is -2.50. The zero-order chi connectivity index (χ0) is 12.6. The number of rotatable bonds is 7. The second-order valence-electron chi connectivity index (χ2n) is 5.13. The van der Waals surface area contributed by atoms with Crippen molar-refractivity contribution in [3.05, 3.63) is 0 Å². The first kappa shape index (κ1) is 13.8. The van der Waals surface area contributed by atoms with Gasteiger partial charge in [0.25, 0.3) is 0 Å². The molecule has 0 bridgehead atoms. The maximum Gasteiger partial charge on any atom is 0.225 e. The lowest BCUT2D eigenvalue weighted by Gasteiger charge is -2.25. The summed E-state index contributed by atoms with van der Waals surface area (Å²) in [5.41, 5.74) is 0. The van der Waals surface area contributed by atoms with Gasteiger partial charge in [-0.25, -0.2) is 0 Å². The fraction of sp³-hybridized carbons (Fsp3) is 0.923. The summed E-state index contributed by atoms with van der Waals surface area (Å²) in [6.45, 7) is 5.70. The first-order valence-corrected chi connectivity index (χ1v) is 7.00. The Labute approximate surface area is 109 Å². The van der Waals surface area contributed by atoms with E-state index in [1.54, 1.807) is 0 Å². The largest absolute Gasteiger partial charge is 0.381 e. The number of hydrogen-bond donors (Lipinski definition) is 2. The highest BCUT2D eigenvalue weighted by atomic mass is 16.5. The molecule has 0 unspecified atom stereocenters. The van der Waals surface area contributed by atoms with Gasteiger partial charge in [-0.15, -0.1) is 0 Å². The number of hydrogen-bond acceptors (Lipinski definition) is 4. The molecule has 104 valence electrons. The molecule has 2 rings (SSSR count). The van der Waals surface area contributed by atoms with Crippen LogP contribution in [-0.2, 0) is 14.3 Å².